The highest BCUT2D eigenvalue weighted by Crippen LogP contribution is 2.65. The van der Waals surface area contributed by atoms with Crippen molar-refractivity contribution in [2.45, 2.75) is 44.3 Å². The summed E-state index contributed by atoms with van der Waals surface area (Å²) in [5.41, 5.74) is 0.773. The molecule has 0 amide bonds. The van der Waals surface area contributed by atoms with Crippen molar-refractivity contribution in [3.8, 4) is 11.5 Å². The molecule has 13 heteroatoms. The minimum absolute atomic E-state index is 0.0282. The lowest BCUT2D eigenvalue weighted by atomic mass is 9.80. The van der Waals surface area contributed by atoms with Crippen LogP contribution in [0.4, 0.5) is 0 Å². The number of aromatic amines is 1. The van der Waals surface area contributed by atoms with E-state index >= 15 is 0 Å². The number of benzene rings is 3. The Morgan fingerprint density at radius 1 is 0.957 bits per heavy atom. The van der Waals surface area contributed by atoms with Gasteiger partial charge in [0.05, 0.1) is 27.4 Å². The van der Waals surface area contributed by atoms with Crippen molar-refractivity contribution in [1.29, 1.82) is 0 Å². The molecule has 2 heterocycles. The molecular formula is C33H37N2O8PS2. The second kappa shape index (κ2) is 14.8. The van der Waals surface area contributed by atoms with E-state index in [1.165, 1.54) is 10.8 Å². The first-order chi connectivity index (χ1) is 22.1. The van der Waals surface area contributed by atoms with Gasteiger partial charge in [0.2, 0.25) is 6.12 Å². The normalized spacial score (nSPS) is 19.5. The number of nitrogens with one attached hydrogen (secondary N) is 1. The number of H-pyrrole nitrogens is 1. The first-order valence-corrected chi connectivity index (χ1v) is 18.5. The average Bonchev–Trinajstić information content (AvgIpc) is 3.45. The fourth-order valence-corrected chi connectivity index (χ4v) is 7.89. The molecule has 4 atom stereocenters. The third-order valence-electron chi connectivity index (χ3n) is 7.83. The number of aryl methyl sites for hydroxylation is 1. The largest absolute Gasteiger partial charge is 0.497 e. The van der Waals surface area contributed by atoms with Gasteiger partial charge in [-0.2, -0.15) is 0 Å². The standard InChI is InChI=1S/C33H37N2O8PS2/c1-5-41-44(45,46)43-28-19-30(35-20-22(2)31(36)34-32(35)37)42-29(28)21-40-33(23-9-7-6-8-10-23,24-11-15-26(38-3)16-12-24)25-13-17-27(39-4)18-14-25/h6-18,20,28-30H,5,19,21H2,1-4H3,(H,45,46)(H,34,36,37)/t28-,29+,30+/m0/s1. The average molecular weight is 685 g/mol. The monoisotopic (exact) mass is 684 g/mol. The van der Waals surface area contributed by atoms with Gasteiger partial charge < -0.3 is 31.2 Å². The quantitative estimate of drug-likeness (QED) is 0.0790. The summed E-state index contributed by atoms with van der Waals surface area (Å²) in [7, 11) is 3.24. The molecule has 1 unspecified atom stereocenters. The Labute approximate surface area is 278 Å². The molecule has 0 bridgehead atoms. The molecule has 1 fully saturated rings. The SMILES string of the molecule is CCO[P+]([S-])(S)O[C@H]1C[C@H](n2cc(C)c(=O)[nH]c2=O)O[C@@H]1COC(c1ccccc1)(c1ccc(OC)cc1)c1ccc(OC)cc1. The summed E-state index contributed by atoms with van der Waals surface area (Å²) in [6.45, 7) is 3.79. The number of ether oxygens (including phenoxy) is 4. The molecule has 0 spiro atoms. The number of rotatable bonds is 13. The fourth-order valence-electron chi connectivity index (χ4n) is 5.58. The summed E-state index contributed by atoms with van der Waals surface area (Å²) in [5.74, 6) is 1.40. The second-order valence-electron chi connectivity index (χ2n) is 10.7. The molecular weight excluding hydrogens is 647 g/mol. The summed E-state index contributed by atoms with van der Waals surface area (Å²) < 4.78 is 37.7. The van der Waals surface area contributed by atoms with E-state index in [0.29, 0.717) is 23.7 Å². The highest BCUT2D eigenvalue weighted by molar-refractivity contribution is 8.76. The summed E-state index contributed by atoms with van der Waals surface area (Å²) >= 11 is 10.1. The minimum atomic E-state index is -2.96. The highest BCUT2D eigenvalue weighted by atomic mass is 33.1. The molecule has 244 valence electrons. The molecule has 1 saturated heterocycles. The van der Waals surface area contributed by atoms with Gasteiger partial charge in [-0.3, -0.25) is 14.3 Å². The Bertz CT molecular complexity index is 1670. The van der Waals surface area contributed by atoms with Gasteiger partial charge in [0.1, 0.15) is 35.5 Å². The summed E-state index contributed by atoms with van der Waals surface area (Å²) in [6, 6.07) is 25.3. The second-order valence-corrected chi connectivity index (χ2v) is 15.9. The maximum atomic E-state index is 12.8. The van der Waals surface area contributed by atoms with Crippen LogP contribution in [0.3, 0.4) is 0 Å². The van der Waals surface area contributed by atoms with Crippen molar-refractivity contribution in [3.63, 3.8) is 0 Å². The van der Waals surface area contributed by atoms with Crippen LogP contribution in [0.25, 0.3) is 0 Å². The number of nitrogens with zero attached hydrogens (tertiary/aromatic N) is 1. The number of aromatic nitrogens is 2. The van der Waals surface area contributed by atoms with Crippen LogP contribution >= 0.6 is 18.4 Å². The zero-order chi connectivity index (χ0) is 32.9. The van der Waals surface area contributed by atoms with Crippen molar-refractivity contribution in [3.05, 3.63) is 128 Å². The molecule has 10 nitrogen and oxygen atoms in total. The first kappa shape index (κ1) is 34.3. The smallest absolute Gasteiger partial charge is 0.330 e. The van der Waals surface area contributed by atoms with E-state index < -0.39 is 41.4 Å². The van der Waals surface area contributed by atoms with Crippen molar-refractivity contribution in [2.75, 3.05) is 27.4 Å². The van der Waals surface area contributed by atoms with Crippen molar-refractivity contribution >= 4 is 30.6 Å². The van der Waals surface area contributed by atoms with Crippen molar-refractivity contribution in [1.82, 2.24) is 9.55 Å². The number of hydrogen-bond acceptors (Lipinski definition) is 10. The van der Waals surface area contributed by atoms with E-state index in [2.05, 4.69) is 17.2 Å². The van der Waals surface area contributed by atoms with Gasteiger partial charge in [0.15, 0.2) is 0 Å². The van der Waals surface area contributed by atoms with Crippen molar-refractivity contribution in [2.24, 2.45) is 0 Å². The molecule has 0 saturated carbocycles. The topological polar surface area (TPSA) is 110 Å². The lowest BCUT2D eigenvalue weighted by molar-refractivity contribution is -0.0915. The van der Waals surface area contributed by atoms with Crippen LogP contribution in [0.1, 0.15) is 41.8 Å². The highest BCUT2D eigenvalue weighted by Gasteiger charge is 2.46. The zero-order valence-electron chi connectivity index (χ0n) is 26.0. The van der Waals surface area contributed by atoms with Crippen LogP contribution in [0.15, 0.2) is 94.6 Å². The fraction of sp³-hybridized carbons (Fsp3) is 0.333. The summed E-state index contributed by atoms with van der Waals surface area (Å²) in [4.78, 5) is 27.3. The zero-order valence-corrected chi connectivity index (χ0v) is 28.6. The summed E-state index contributed by atoms with van der Waals surface area (Å²) in [6.07, 6.45) is -3.34. The van der Waals surface area contributed by atoms with Crippen molar-refractivity contribution < 1.29 is 28.0 Å². The minimum Gasteiger partial charge on any atom is -0.497 e. The molecule has 1 aliphatic heterocycles. The predicted octanol–water partition coefficient (Wildman–Crippen LogP) is 5.73. The molecule has 1 N–H and O–H groups in total. The number of hydrogen-bond donors (Lipinski definition) is 2. The van der Waals surface area contributed by atoms with Gasteiger partial charge in [-0.1, -0.05) is 54.6 Å². The van der Waals surface area contributed by atoms with E-state index in [4.69, 9.17) is 40.2 Å². The lowest BCUT2D eigenvalue weighted by Crippen LogP contribution is -2.38. The van der Waals surface area contributed by atoms with E-state index in [9.17, 15) is 9.59 Å². The third kappa shape index (κ3) is 7.39. The molecule has 5 rings (SSSR count). The molecule has 1 aliphatic rings. The Morgan fingerprint density at radius 3 is 2.07 bits per heavy atom. The van der Waals surface area contributed by atoms with Crippen LogP contribution in [0.5, 0.6) is 11.5 Å². The number of methoxy groups -OCH3 is 2. The van der Waals surface area contributed by atoms with Crippen LogP contribution in [-0.2, 0) is 36.4 Å². The predicted molar refractivity (Wildman–Crippen MR) is 183 cm³/mol. The first-order valence-electron chi connectivity index (χ1n) is 14.7. The van der Waals surface area contributed by atoms with Gasteiger partial charge in [-0.15, -0.1) is 0 Å². The van der Waals surface area contributed by atoms with Gasteiger partial charge >= 0.3 is 5.69 Å². The molecule has 3 aromatic carbocycles. The Hall–Kier alpha value is -3.09. The molecule has 0 aliphatic carbocycles. The Kier molecular flexibility index (Phi) is 11.0. The van der Waals surface area contributed by atoms with Gasteiger partial charge in [-0.25, -0.2) is 13.8 Å². The van der Waals surface area contributed by atoms with E-state index in [0.717, 1.165) is 16.7 Å². The maximum absolute atomic E-state index is 12.8. The summed E-state index contributed by atoms with van der Waals surface area (Å²) in [5, 5.41) is 0. The van der Waals surface area contributed by atoms with Gasteiger partial charge in [0, 0.05) is 30.4 Å². The van der Waals surface area contributed by atoms with E-state index in [1.807, 2.05) is 85.8 Å². The number of thiol groups is 1. The van der Waals surface area contributed by atoms with E-state index in [1.54, 1.807) is 21.1 Å². The third-order valence-corrected chi connectivity index (χ3v) is 10.2. The molecule has 0 radical (unpaired) electrons. The Balaban J connectivity index is 1.58. The van der Waals surface area contributed by atoms with Crippen LogP contribution in [-0.4, -0.2) is 49.2 Å². The maximum Gasteiger partial charge on any atom is 0.330 e. The van der Waals surface area contributed by atoms with Crippen LogP contribution in [0.2, 0.25) is 0 Å². The van der Waals surface area contributed by atoms with Crippen LogP contribution < -0.4 is 20.7 Å². The molecule has 1 aromatic heterocycles. The Morgan fingerprint density at radius 2 is 1.52 bits per heavy atom. The molecule has 46 heavy (non-hydrogen) atoms. The van der Waals surface area contributed by atoms with Crippen LogP contribution in [0, 0.1) is 6.92 Å². The van der Waals surface area contributed by atoms with Gasteiger partial charge in [-0.05, 0) is 54.8 Å². The lowest BCUT2D eigenvalue weighted by Gasteiger charge is -2.37. The molecule has 4 aromatic rings. The van der Waals surface area contributed by atoms with Gasteiger partial charge in [0.25, 0.3) is 5.56 Å². The van der Waals surface area contributed by atoms with E-state index in [-0.39, 0.29) is 13.0 Å².